The molecule has 1 saturated heterocycles. The van der Waals surface area contributed by atoms with Crippen LogP contribution in [0.3, 0.4) is 0 Å². The maximum absolute atomic E-state index is 11.8. The second-order valence-electron chi connectivity index (χ2n) is 8.43. The minimum absolute atomic E-state index is 0.140. The molecule has 0 bridgehead atoms. The van der Waals surface area contributed by atoms with Gasteiger partial charge in [-0.1, -0.05) is 24.3 Å². The number of nitrogens with zero attached hydrogens (tertiary/aromatic N) is 5. The number of aromatic nitrogens is 4. The zero-order chi connectivity index (χ0) is 23.9. The van der Waals surface area contributed by atoms with E-state index in [0.717, 1.165) is 27.7 Å². The standard InChI is InChI=1S/C24H23N5O4S/c1-34(32,33)19-7-5-16(6-8-19)20-3-2-4-21-23(20)27-22(14-25-21)17-13-26-29(15-17)18-9-11-28(12-10-18)24(30)31/h2-8,13-15,18H,9-12H2,1H3,(H,30,31). The van der Waals surface area contributed by atoms with E-state index in [9.17, 15) is 13.2 Å². The van der Waals surface area contributed by atoms with Gasteiger partial charge in [-0.15, -0.1) is 0 Å². The SMILES string of the molecule is CS(=O)(=O)c1ccc(-c2cccc3ncc(-c4cnn(C5CCN(C(=O)O)CC5)c4)nc23)cc1. The summed E-state index contributed by atoms with van der Waals surface area (Å²) in [4.78, 5) is 22.3. The molecule has 0 atom stereocenters. The topological polar surface area (TPSA) is 118 Å². The summed E-state index contributed by atoms with van der Waals surface area (Å²) in [6.07, 6.45) is 7.13. The van der Waals surface area contributed by atoms with Crippen LogP contribution in [0.4, 0.5) is 4.79 Å². The van der Waals surface area contributed by atoms with Crippen LogP contribution in [0, 0.1) is 0 Å². The van der Waals surface area contributed by atoms with Gasteiger partial charge in [0, 0.05) is 36.7 Å². The third-order valence-corrected chi connectivity index (χ3v) is 7.30. The van der Waals surface area contributed by atoms with E-state index < -0.39 is 15.9 Å². The zero-order valence-electron chi connectivity index (χ0n) is 18.5. The number of sulfone groups is 1. The molecule has 1 N–H and O–H groups in total. The predicted molar refractivity (Wildman–Crippen MR) is 127 cm³/mol. The van der Waals surface area contributed by atoms with Gasteiger partial charge in [0.1, 0.15) is 0 Å². The van der Waals surface area contributed by atoms with Gasteiger partial charge >= 0.3 is 6.09 Å². The van der Waals surface area contributed by atoms with E-state index in [-0.39, 0.29) is 10.9 Å². The number of fused-ring (bicyclic) bond motifs is 1. The van der Waals surface area contributed by atoms with Gasteiger partial charge in [0.05, 0.1) is 40.1 Å². The molecule has 5 rings (SSSR count). The lowest BCUT2D eigenvalue weighted by Gasteiger charge is -2.29. The lowest BCUT2D eigenvalue weighted by molar-refractivity contribution is 0.124. The maximum atomic E-state index is 11.8. The fraction of sp³-hybridized carbons (Fsp3) is 0.250. The summed E-state index contributed by atoms with van der Waals surface area (Å²) in [5.74, 6) is 0. The molecule has 174 valence electrons. The summed E-state index contributed by atoms with van der Waals surface area (Å²) >= 11 is 0. The molecule has 0 saturated carbocycles. The fourth-order valence-electron chi connectivity index (χ4n) is 4.28. The smallest absolute Gasteiger partial charge is 0.407 e. The van der Waals surface area contributed by atoms with Gasteiger partial charge in [-0.05, 0) is 36.6 Å². The zero-order valence-corrected chi connectivity index (χ0v) is 19.3. The summed E-state index contributed by atoms with van der Waals surface area (Å²) in [7, 11) is -3.27. The van der Waals surface area contributed by atoms with Crippen molar-refractivity contribution in [3.8, 4) is 22.4 Å². The first-order chi connectivity index (χ1) is 16.3. The molecular weight excluding hydrogens is 454 g/mol. The first-order valence-electron chi connectivity index (χ1n) is 10.9. The Morgan fingerprint density at radius 1 is 1.03 bits per heavy atom. The van der Waals surface area contributed by atoms with Crippen LogP contribution in [0.15, 0.2) is 66.0 Å². The van der Waals surface area contributed by atoms with E-state index in [1.54, 1.807) is 36.7 Å². The van der Waals surface area contributed by atoms with Crippen molar-refractivity contribution in [2.24, 2.45) is 0 Å². The van der Waals surface area contributed by atoms with Crippen molar-refractivity contribution >= 4 is 27.0 Å². The van der Waals surface area contributed by atoms with Gasteiger partial charge in [-0.3, -0.25) is 9.67 Å². The number of para-hydroxylation sites is 1. The van der Waals surface area contributed by atoms with Crippen molar-refractivity contribution in [1.82, 2.24) is 24.6 Å². The number of benzene rings is 2. The van der Waals surface area contributed by atoms with Gasteiger partial charge < -0.3 is 10.0 Å². The van der Waals surface area contributed by atoms with E-state index in [1.165, 1.54) is 11.2 Å². The van der Waals surface area contributed by atoms with Crippen LogP contribution in [-0.4, -0.2) is 63.6 Å². The molecule has 9 nitrogen and oxygen atoms in total. The summed E-state index contributed by atoms with van der Waals surface area (Å²) in [5, 5.41) is 13.7. The van der Waals surface area contributed by atoms with Crippen molar-refractivity contribution in [2.45, 2.75) is 23.8 Å². The van der Waals surface area contributed by atoms with Crippen molar-refractivity contribution in [1.29, 1.82) is 0 Å². The molecule has 1 aliphatic heterocycles. The molecule has 2 aromatic carbocycles. The monoisotopic (exact) mass is 477 g/mol. The molecule has 0 aliphatic carbocycles. The lowest BCUT2D eigenvalue weighted by atomic mass is 10.0. The second kappa shape index (κ2) is 8.53. The number of likely N-dealkylation sites (tertiary alicyclic amines) is 1. The molecule has 0 spiro atoms. The normalized spacial score (nSPS) is 15.0. The summed E-state index contributed by atoms with van der Waals surface area (Å²) < 4.78 is 25.5. The van der Waals surface area contributed by atoms with E-state index in [0.29, 0.717) is 31.6 Å². The van der Waals surface area contributed by atoms with Gasteiger partial charge in [0.2, 0.25) is 0 Å². The van der Waals surface area contributed by atoms with Gasteiger partial charge in [-0.2, -0.15) is 5.10 Å². The van der Waals surface area contributed by atoms with Crippen molar-refractivity contribution in [3.05, 3.63) is 61.1 Å². The first kappa shape index (κ1) is 22.0. The predicted octanol–water partition coefficient (Wildman–Crippen LogP) is 3.88. The molecule has 0 radical (unpaired) electrons. The molecule has 10 heteroatoms. The Labute approximate surface area is 196 Å². The van der Waals surface area contributed by atoms with Crippen LogP contribution in [0.5, 0.6) is 0 Å². The molecular formula is C24H23N5O4S. The number of piperidine rings is 1. The highest BCUT2D eigenvalue weighted by Gasteiger charge is 2.24. The van der Waals surface area contributed by atoms with Gasteiger partial charge in [0.15, 0.2) is 9.84 Å². The average Bonchev–Trinajstić information content (AvgIpc) is 3.33. The number of hydrogen-bond donors (Lipinski definition) is 1. The summed E-state index contributed by atoms with van der Waals surface area (Å²) in [6, 6.07) is 12.6. The summed E-state index contributed by atoms with van der Waals surface area (Å²) in [6.45, 7) is 0.985. The highest BCUT2D eigenvalue weighted by Crippen LogP contribution is 2.30. The molecule has 1 fully saturated rings. The maximum Gasteiger partial charge on any atom is 0.407 e. The Hall–Kier alpha value is -3.79. The van der Waals surface area contributed by atoms with E-state index in [1.807, 2.05) is 29.1 Å². The third kappa shape index (κ3) is 4.24. The number of hydrogen-bond acceptors (Lipinski definition) is 6. The lowest BCUT2D eigenvalue weighted by Crippen LogP contribution is -2.38. The average molecular weight is 478 g/mol. The molecule has 4 aromatic rings. The van der Waals surface area contributed by atoms with Crippen molar-refractivity contribution < 1.29 is 18.3 Å². The number of amides is 1. The molecule has 2 aromatic heterocycles. The Morgan fingerprint density at radius 3 is 2.44 bits per heavy atom. The molecule has 3 heterocycles. The Bertz CT molecular complexity index is 1470. The van der Waals surface area contributed by atoms with E-state index >= 15 is 0 Å². The van der Waals surface area contributed by atoms with Crippen molar-refractivity contribution in [3.63, 3.8) is 0 Å². The van der Waals surface area contributed by atoms with Crippen molar-refractivity contribution in [2.75, 3.05) is 19.3 Å². The number of rotatable bonds is 4. The quantitative estimate of drug-likeness (QED) is 0.474. The van der Waals surface area contributed by atoms with Crippen LogP contribution in [-0.2, 0) is 9.84 Å². The molecule has 1 aliphatic rings. The van der Waals surface area contributed by atoms with Gasteiger partial charge in [-0.25, -0.2) is 18.2 Å². The van der Waals surface area contributed by atoms with Crippen LogP contribution in [0.1, 0.15) is 18.9 Å². The third-order valence-electron chi connectivity index (χ3n) is 6.17. The van der Waals surface area contributed by atoms with E-state index in [4.69, 9.17) is 10.1 Å². The Kier molecular flexibility index (Phi) is 5.52. The largest absolute Gasteiger partial charge is 0.465 e. The fourth-order valence-corrected chi connectivity index (χ4v) is 4.91. The second-order valence-corrected chi connectivity index (χ2v) is 10.5. The number of carboxylic acid groups (broad SMARTS) is 1. The first-order valence-corrected chi connectivity index (χ1v) is 12.8. The van der Waals surface area contributed by atoms with Crippen LogP contribution in [0.2, 0.25) is 0 Å². The molecule has 0 unspecified atom stereocenters. The van der Waals surface area contributed by atoms with E-state index in [2.05, 4.69) is 10.1 Å². The highest BCUT2D eigenvalue weighted by atomic mass is 32.2. The Morgan fingerprint density at radius 2 is 1.76 bits per heavy atom. The van der Waals surface area contributed by atoms with Crippen LogP contribution >= 0.6 is 0 Å². The highest BCUT2D eigenvalue weighted by molar-refractivity contribution is 7.90. The minimum atomic E-state index is -3.27. The van der Waals surface area contributed by atoms with Gasteiger partial charge in [0.25, 0.3) is 0 Å². The Balaban J connectivity index is 1.46. The summed E-state index contributed by atoms with van der Waals surface area (Å²) in [5.41, 5.74) is 4.68. The molecule has 34 heavy (non-hydrogen) atoms. The van der Waals surface area contributed by atoms with Crippen LogP contribution < -0.4 is 0 Å². The minimum Gasteiger partial charge on any atom is -0.465 e. The van der Waals surface area contributed by atoms with Crippen LogP contribution in [0.25, 0.3) is 33.4 Å². The number of carbonyl (C=O) groups is 1. The molecule has 1 amide bonds.